The van der Waals surface area contributed by atoms with Crippen molar-refractivity contribution in [3.63, 3.8) is 0 Å². The lowest BCUT2D eigenvalue weighted by molar-refractivity contribution is 0.0875. The van der Waals surface area contributed by atoms with Gasteiger partial charge in [0.25, 0.3) is 0 Å². The first-order chi connectivity index (χ1) is 6.41. The van der Waals surface area contributed by atoms with Gasteiger partial charge in [-0.2, -0.15) is 0 Å². The van der Waals surface area contributed by atoms with Crippen molar-refractivity contribution in [2.45, 2.75) is 59.5 Å². The standard InChI is InChI=1S/C13H24O/c1-10(2)9-12(14)11-5-7-13(3,4)8-6-11/h9,11-12,14H,5-8H2,1-4H3. The van der Waals surface area contributed by atoms with E-state index in [0.29, 0.717) is 11.3 Å². The van der Waals surface area contributed by atoms with Crippen LogP contribution in [-0.4, -0.2) is 11.2 Å². The molecule has 0 aromatic rings. The highest BCUT2D eigenvalue weighted by molar-refractivity contribution is 5.00. The van der Waals surface area contributed by atoms with E-state index in [1.807, 2.05) is 6.08 Å². The summed E-state index contributed by atoms with van der Waals surface area (Å²) in [7, 11) is 0. The molecule has 0 saturated heterocycles. The van der Waals surface area contributed by atoms with Crippen LogP contribution >= 0.6 is 0 Å². The summed E-state index contributed by atoms with van der Waals surface area (Å²) in [5, 5.41) is 9.94. The molecule has 1 nitrogen and oxygen atoms in total. The summed E-state index contributed by atoms with van der Waals surface area (Å²) in [5.74, 6) is 0.498. The second-order valence-electron chi connectivity index (χ2n) is 5.74. The van der Waals surface area contributed by atoms with Crippen molar-refractivity contribution in [1.82, 2.24) is 0 Å². The van der Waals surface area contributed by atoms with E-state index < -0.39 is 0 Å². The Morgan fingerprint density at radius 3 is 2.21 bits per heavy atom. The fraction of sp³-hybridized carbons (Fsp3) is 0.846. The van der Waals surface area contributed by atoms with Crippen LogP contribution in [0.25, 0.3) is 0 Å². The zero-order valence-electron chi connectivity index (χ0n) is 10.0. The van der Waals surface area contributed by atoms with Crippen molar-refractivity contribution >= 4 is 0 Å². The summed E-state index contributed by atoms with van der Waals surface area (Å²) in [5.41, 5.74) is 1.73. The van der Waals surface area contributed by atoms with Crippen LogP contribution in [0, 0.1) is 11.3 Å². The lowest BCUT2D eigenvalue weighted by Gasteiger charge is -2.35. The lowest BCUT2D eigenvalue weighted by Crippen LogP contribution is -2.28. The summed E-state index contributed by atoms with van der Waals surface area (Å²) in [4.78, 5) is 0. The minimum absolute atomic E-state index is 0.212. The van der Waals surface area contributed by atoms with Gasteiger partial charge in [0.05, 0.1) is 6.10 Å². The van der Waals surface area contributed by atoms with Crippen molar-refractivity contribution in [2.75, 3.05) is 0 Å². The molecule has 14 heavy (non-hydrogen) atoms. The van der Waals surface area contributed by atoms with Gasteiger partial charge < -0.3 is 5.11 Å². The zero-order chi connectivity index (χ0) is 10.8. The fourth-order valence-corrected chi connectivity index (χ4v) is 2.24. The molecular formula is C13H24O. The van der Waals surface area contributed by atoms with Crippen LogP contribution in [0.3, 0.4) is 0 Å². The molecule has 1 unspecified atom stereocenters. The van der Waals surface area contributed by atoms with Gasteiger partial charge in [0.2, 0.25) is 0 Å². The number of hydrogen-bond donors (Lipinski definition) is 1. The molecule has 0 radical (unpaired) electrons. The lowest BCUT2D eigenvalue weighted by atomic mass is 9.71. The molecule has 1 aliphatic carbocycles. The third-order valence-electron chi connectivity index (χ3n) is 3.37. The molecule has 0 amide bonds. The average molecular weight is 196 g/mol. The Hall–Kier alpha value is -0.300. The first-order valence-corrected chi connectivity index (χ1v) is 5.74. The predicted molar refractivity (Wildman–Crippen MR) is 61.2 cm³/mol. The number of rotatable bonds is 2. The van der Waals surface area contributed by atoms with Gasteiger partial charge >= 0.3 is 0 Å². The highest BCUT2D eigenvalue weighted by atomic mass is 16.3. The molecule has 0 spiro atoms. The molecule has 1 heteroatoms. The molecule has 1 rings (SSSR count). The molecule has 0 bridgehead atoms. The van der Waals surface area contributed by atoms with E-state index in [2.05, 4.69) is 27.7 Å². The summed E-state index contributed by atoms with van der Waals surface area (Å²) in [6.07, 6.45) is 6.66. The van der Waals surface area contributed by atoms with Gasteiger partial charge in [-0.1, -0.05) is 25.5 Å². The Balaban J connectivity index is 2.46. The molecule has 1 N–H and O–H groups in total. The highest BCUT2D eigenvalue weighted by Crippen LogP contribution is 2.39. The molecule has 0 heterocycles. The third kappa shape index (κ3) is 3.45. The molecule has 1 atom stereocenters. The molecule has 0 aromatic carbocycles. The van der Waals surface area contributed by atoms with Gasteiger partial charge in [0.15, 0.2) is 0 Å². The number of allylic oxidation sites excluding steroid dienone is 1. The van der Waals surface area contributed by atoms with Crippen LogP contribution in [0.15, 0.2) is 11.6 Å². The van der Waals surface area contributed by atoms with E-state index in [9.17, 15) is 5.11 Å². The monoisotopic (exact) mass is 196 g/mol. The minimum atomic E-state index is -0.212. The van der Waals surface area contributed by atoms with Crippen LogP contribution in [0.2, 0.25) is 0 Å². The summed E-state index contributed by atoms with van der Waals surface area (Å²) >= 11 is 0. The number of aliphatic hydroxyl groups is 1. The minimum Gasteiger partial charge on any atom is -0.389 e. The van der Waals surface area contributed by atoms with E-state index in [4.69, 9.17) is 0 Å². The molecule has 1 aliphatic rings. The van der Waals surface area contributed by atoms with Crippen molar-refractivity contribution < 1.29 is 5.11 Å². The van der Waals surface area contributed by atoms with Crippen LogP contribution < -0.4 is 0 Å². The SMILES string of the molecule is CC(C)=CC(O)C1CCC(C)(C)CC1. The van der Waals surface area contributed by atoms with Crippen molar-refractivity contribution in [1.29, 1.82) is 0 Å². The first kappa shape index (κ1) is 11.8. The van der Waals surface area contributed by atoms with Crippen LogP contribution in [0.5, 0.6) is 0 Å². The van der Waals surface area contributed by atoms with Crippen LogP contribution in [0.4, 0.5) is 0 Å². The quantitative estimate of drug-likeness (QED) is 0.670. The van der Waals surface area contributed by atoms with Crippen LogP contribution in [-0.2, 0) is 0 Å². The molecule has 1 saturated carbocycles. The maximum absolute atomic E-state index is 9.94. The van der Waals surface area contributed by atoms with Crippen molar-refractivity contribution in [3.8, 4) is 0 Å². The maximum atomic E-state index is 9.94. The second-order valence-corrected chi connectivity index (χ2v) is 5.74. The molecule has 0 aromatic heterocycles. The Labute approximate surface area is 88.2 Å². The van der Waals surface area contributed by atoms with Gasteiger partial charge in [0, 0.05) is 0 Å². The van der Waals surface area contributed by atoms with Gasteiger partial charge in [0.1, 0.15) is 0 Å². The smallest absolute Gasteiger partial charge is 0.0751 e. The molecule has 0 aliphatic heterocycles. The third-order valence-corrected chi connectivity index (χ3v) is 3.37. The normalized spacial score (nSPS) is 24.4. The fourth-order valence-electron chi connectivity index (χ4n) is 2.24. The molecule has 82 valence electrons. The first-order valence-electron chi connectivity index (χ1n) is 5.74. The predicted octanol–water partition coefficient (Wildman–Crippen LogP) is 3.53. The Morgan fingerprint density at radius 1 is 1.29 bits per heavy atom. The van der Waals surface area contributed by atoms with Gasteiger partial charge in [-0.25, -0.2) is 0 Å². The zero-order valence-corrected chi connectivity index (χ0v) is 10.0. The van der Waals surface area contributed by atoms with Gasteiger partial charge in [-0.05, 0) is 50.9 Å². The van der Waals surface area contributed by atoms with Gasteiger partial charge in [-0.3, -0.25) is 0 Å². The van der Waals surface area contributed by atoms with E-state index in [1.165, 1.54) is 31.3 Å². The van der Waals surface area contributed by atoms with E-state index in [1.54, 1.807) is 0 Å². The van der Waals surface area contributed by atoms with Crippen molar-refractivity contribution in [3.05, 3.63) is 11.6 Å². The molecule has 1 fully saturated rings. The average Bonchev–Trinajstić information content (AvgIpc) is 2.02. The van der Waals surface area contributed by atoms with Crippen molar-refractivity contribution in [2.24, 2.45) is 11.3 Å². The number of aliphatic hydroxyl groups excluding tert-OH is 1. The molecular weight excluding hydrogens is 172 g/mol. The maximum Gasteiger partial charge on any atom is 0.0751 e. The largest absolute Gasteiger partial charge is 0.389 e. The Kier molecular flexibility index (Phi) is 3.77. The summed E-state index contributed by atoms with van der Waals surface area (Å²) in [6.45, 7) is 8.76. The van der Waals surface area contributed by atoms with E-state index in [-0.39, 0.29) is 6.10 Å². The second kappa shape index (κ2) is 4.48. The summed E-state index contributed by atoms with van der Waals surface area (Å²) < 4.78 is 0. The Morgan fingerprint density at radius 2 is 1.79 bits per heavy atom. The summed E-state index contributed by atoms with van der Waals surface area (Å²) in [6, 6.07) is 0. The number of hydrogen-bond acceptors (Lipinski definition) is 1. The van der Waals surface area contributed by atoms with E-state index in [0.717, 1.165) is 0 Å². The van der Waals surface area contributed by atoms with Gasteiger partial charge in [-0.15, -0.1) is 0 Å². The highest BCUT2D eigenvalue weighted by Gasteiger charge is 2.29. The van der Waals surface area contributed by atoms with E-state index >= 15 is 0 Å². The van der Waals surface area contributed by atoms with Crippen LogP contribution in [0.1, 0.15) is 53.4 Å². The Bertz CT molecular complexity index is 201. The topological polar surface area (TPSA) is 20.2 Å².